The molecule has 0 aromatic rings. The molecule has 2 atom stereocenters. The van der Waals surface area contributed by atoms with Gasteiger partial charge in [0.1, 0.15) is 0 Å². The van der Waals surface area contributed by atoms with E-state index in [2.05, 4.69) is 31.0 Å². The van der Waals surface area contributed by atoms with E-state index in [1.807, 2.05) is 0 Å². The van der Waals surface area contributed by atoms with Gasteiger partial charge < -0.3 is 5.32 Å². The summed E-state index contributed by atoms with van der Waals surface area (Å²) in [5, 5.41) is 3.84. The lowest BCUT2D eigenvalue weighted by Crippen LogP contribution is -2.59. The lowest BCUT2D eigenvalue weighted by Gasteiger charge is -2.44. The zero-order valence-electron chi connectivity index (χ0n) is 13.1. The molecule has 3 aliphatic rings. The smallest absolute Gasteiger partial charge is 0.0244 e. The Kier molecular flexibility index (Phi) is 3.92. The first-order valence-electron chi connectivity index (χ1n) is 8.61. The van der Waals surface area contributed by atoms with Crippen molar-refractivity contribution in [1.82, 2.24) is 10.2 Å². The van der Waals surface area contributed by atoms with Crippen molar-refractivity contribution in [3.05, 3.63) is 0 Å². The van der Waals surface area contributed by atoms with Crippen LogP contribution in [0.3, 0.4) is 0 Å². The van der Waals surface area contributed by atoms with Crippen LogP contribution in [0, 0.1) is 17.3 Å². The second kappa shape index (κ2) is 5.37. The van der Waals surface area contributed by atoms with E-state index >= 15 is 0 Å². The Morgan fingerprint density at radius 3 is 2.53 bits per heavy atom. The number of piperazine rings is 1. The third-order valence-corrected chi connectivity index (χ3v) is 5.73. The van der Waals surface area contributed by atoms with Crippen LogP contribution in [0.25, 0.3) is 0 Å². The maximum Gasteiger partial charge on any atom is 0.0244 e. The van der Waals surface area contributed by atoms with Gasteiger partial charge in [0.15, 0.2) is 0 Å². The van der Waals surface area contributed by atoms with Crippen LogP contribution in [0.1, 0.15) is 59.3 Å². The highest BCUT2D eigenvalue weighted by Crippen LogP contribution is 2.51. The molecule has 2 saturated carbocycles. The standard InChI is InChI=1S/C17H32N2/c1-4-7-17(8-9-17)12-19-11-15(14-5-6-14)18-10-16(19)13(2)3/h13-16,18H,4-12H2,1-3H3. The van der Waals surface area contributed by atoms with Crippen molar-refractivity contribution < 1.29 is 0 Å². The molecule has 0 aromatic carbocycles. The summed E-state index contributed by atoms with van der Waals surface area (Å²) in [5.74, 6) is 1.78. The van der Waals surface area contributed by atoms with E-state index in [0.717, 1.165) is 23.9 Å². The first-order chi connectivity index (χ1) is 9.13. The second-order valence-electron chi connectivity index (χ2n) is 7.84. The van der Waals surface area contributed by atoms with Gasteiger partial charge >= 0.3 is 0 Å². The normalized spacial score (nSPS) is 34.7. The Hall–Kier alpha value is -0.0800. The molecule has 1 N–H and O–H groups in total. The van der Waals surface area contributed by atoms with Gasteiger partial charge in [0.2, 0.25) is 0 Å². The monoisotopic (exact) mass is 264 g/mol. The number of rotatable bonds is 6. The summed E-state index contributed by atoms with van der Waals surface area (Å²) in [6.45, 7) is 11.1. The first kappa shape index (κ1) is 13.9. The topological polar surface area (TPSA) is 15.3 Å². The van der Waals surface area contributed by atoms with Gasteiger partial charge in [-0.2, -0.15) is 0 Å². The minimum atomic E-state index is 0.716. The minimum absolute atomic E-state index is 0.716. The maximum atomic E-state index is 3.84. The average molecular weight is 264 g/mol. The fourth-order valence-corrected chi connectivity index (χ4v) is 4.13. The molecule has 0 aromatic heterocycles. The van der Waals surface area contributed by atoms with E-state index in [9.17, 15) is 0 Å². The lowest BCUT2D eigenvalue weighted by molar-refractivity contribution is 0.0692. The fraction of sp³-hybridized carbons (Fsp3) is 1.00. The third kappa shape index (κ3) is 3.16. The number of hydrogen-bond donors (Lipinski definition) is 1. The highest BCUT2D eigenvalue weighted by molar-refractivity contribution is 5.01. The van der Waals surface area contributed by atoms with E-state index < -0.39 is 0 Å². The Morgan fingerprint density at radius 2 is 2.00 bits per heavy atom. The van der Waals surface area contributed by atoms with Crippen LogP contribution in [0.5, 0.6) is 0 Å². The largest absolute Gasteiger partial charge is 0.311 e. The van der Waals surface area contributed by atoms with Crippen LogP contribution in [0.4, 0.5) is 0 Å². The van der Waals surface area contributed by atoms with Crippen molar-refractivity contribution in [2.45, 2.75) is 71.4 Å². The fourth-order valence-electron chi connectivity index (χ4n) is 4.13. The van der Waals surface area contributed by atoms with E-state index in [0.29, 0.717) is 5.41 Å². The molecule has 1 heterocycles. The summed E-state index contributed by atoms with van der Waals surface area (Å²) in [5.41, 5.74) is 0.716. The molecule has 1 aliphatic heterocycles. The molecular formula is C17H32N2. The molecule has 3 rings (SSSR count). The molecule has 2 heteroatoms. The van der Waals surface area contributed by atoms with Crippen LogP contribution < -0.4 is 5.32 Å². The summed E-state index contributed by atoms with van der Waals surface area (Å²) in [6.07, 6.45) is 8.74. The van der Waals surface area contributed by atoms with Gasteiger partial charge in [-0.15, -0.1) is 0 Å². The molecule has 2 unspecified atom stereocenters. The van der Waals surface area contributed by atoms with Gasteiger partial charge in [0.25, 0.3) is 0 Å². The van der Waals surface area contributed by atoms with Crippen molar-refractivity contribution in [1.29, 1.82) is 0 Å². The van der Waals surface area contributed by atoms with Gasteiger partial charge in [-0.05, 0) is 49.4 Å². The van der Waals surface area contributed by atoms with Crippen LogP contribution in [0.2, 0.25) is 0 Å². The molecule has 0 amide bonds. The van der Waals surface area contributed by atoms with Gasteiger partial charge in [-0.3, -0.25) is 4.90 Å². The predicted octanol–water partition coefficient (Wildman–Crippen LogP) is 3.28. The van der Waals surface area contributed by atoms with E-state index in [1.165, 1.54) is 58.2 Å². The number of nitrogens with zero attached hydrogens (tertiary/aromatic N) is 1. The third-order valence-electron chi connectivity index (χ3n) is 5.73. The van der Waals surface area contributed by atoms with Crippen LogP contribution >= 0.6 is 0 Å². The summed E-state index contributed by atoms with van der Waals surface area (Å²) >= 11 is 0. The molecule has 110 valence electrons. The molecular weight excluding hydrogens is 232 g/mol. The quantitative estimate of drug-likeness (QED) is 0.792. The zero-order chi connectivity index (χ0) is 13.5. The first-order valence-corrected chi connectivity index (χ1v) is 8.61. The summed E-state index contributed by atoms with van der Waals surface area (Å²) in [6, 6.07) is 1.57. The van der Waals surface area contributed by atoms with Crippen LogP contribution in [0.15, 0.2) is 0 Å². The zero-order valence-corrected chi connectivity index (χ0v) is 13.1. The molecule has 3 fully saturated rings. The van der Waals surface area contributed by atoms with E-state index in [4.69, 9.17) is 0 Å². The van der Waals surface area contributed by atoms with E-state index in [1.54, 1.807) is 0 Å². The van der Waals surface area contributed by atoms with Gasteiger partial charge in [-0.1, -0.05) is 27.2 Å². The van der Waals surface area contributed by atoms with Gasteiger partial charge in [-0.25, -0.2) is 0 Å². The molecule has 2 aliphatic carbocycles. The van der Waals surface area contributed by atoms with Gasteiger partial charge in [0.05, 0.1) is 0 Å². The Morgan fingerprint density at radius 1 is 1.26 bits per heavy atom. The van der Waals surface area contributed by atoms with Crippen molar-refractivity contribution >= 4 is 0 Å². The van der Waals surface area contributed by atoms with Crippen molar-refractivity contribution in [3.8, 4) is 0 Å². The minimum Gasteiger partial charge on any atom is -0.311 e. The number of nitrogens with one attached hydrogen (secondary N) is 1. The summed E-state index contributed by atoms with van der Waals surface area (Å²) in [4.78, 5) is 2.87. The summed E-state index contributed by atoms with van der Waals surface area (Å²) < 4.78 is 0. The highest BCUT2D eigenvalue weighted by Gasteiger charge is 2.46. The Bertz CT molecular complexity index is 304. The molecule has 1 saturated heterocycles. The van der Waals surface area contributed by atoms with Gasteiger partial charge in [0, 0.05) is 31.7 Å². The van der Waals surface area contributed by atoms with Crippen molar-refractivity contribution in [2.75, 3.05) is 19.6 Å². The maximum absolute atomic E-state index is 3.84. The molecule has 0 radical (unpaired) electrons. The second-order valence-corrected chi connectivity index (χ2v) is 7.84. The molecule has 19 heavy (non-hydrogen) atoms. The predicted molar refractivity (Wildman–Crippen MR) is 81.3 cm³/mol. The molecule has 2 nitrogen and oxygen atoms in total. The van der Waals surface area contributed by atoms with Crippen LogP contribution in [-0.2, 0) is 0 Å². The summed E-state index contributed by atoms with van der Waals surface area (Å²) in [7, 11) is 0. The van der Waals surface area contributed by atoms with Crippen molar-refractivity contribution in [2.24, 2.45) is 17.3 Å². The van der Waals surface area contributed by atoms with Crippen LogP contribution in [-0.4, -0.2) is 36.6 Å². The Balaban J connectivity index is 1.63. The Labute approximate surface area is 119 Å². The molecule has 0 spiro atoms. The number of hydrogen-bond acceptors (Lipinski definition) is 2. The van der Waals surface area contributed by atoms with Crippen molar-refractivity contribution in [3.63, 3.8) is 0 Å². The average Bonchev–Trinajstić information content (AvgIpc) is 3.23. The highest BCUT2D eigenvalue weighted by atomic mass is 15.2. The molecule has 0 bridgehead atoms. The van der Waals surface area contributed by atoms with E-state index in [-0.39, 0.29) is 0 Å². The SMILES string of the molecule is CCCC1(CN2CC(C3CC3)NCC2C(C)C)CC1. The lowest BCUT2D eigenvalue weighted by atomic mass is 9.93.